The number of aliphatic hydroxyl groups is 2. The highest BCUT2D eigenvalue weighted by Crippen LogP contribution is 2.65. The molecule has 0 aliphatic heterocycles. The Balaban J connectivity index is 1.42. The van der Waals surface area contributed by atoms with Crippen molar-refractivity contribution < 1.29 is 23.4 Å². The van der Waals surface area contributed by atoms with Gasteiger partial charge in [-0.05, 0) is 91.4 Å². The first kappa shape index (κ1) is 22.2. The maximum Gasteiger partial charge on any atom is 0.416 e. The lowest BCUT2D eigenvalue weighted by Crippen LogP contribution is -2.51. The number of fused-ring (bicyclic) bond motifs is 5. The van der Waals surface area contributed by atoms with Gasteiger partial charge in [-0.2, -0.15) is 13.2 Å². The lowest BCUT2D eigenvalue weighted by atomic mass is 9.48. The lowest BCUT2D eigenvalue weighted by Gasteiger charge is -2.57. The Bertz CT molecular complexity index is 947. The molecule has 0 spiro atoms. The number of hydrogen-bond donors (Lipinski definition) is 2. The van der Waals surface area contributed by atoms with Crippen LogP contribution >= 0.6 is 0 Å². The molecule has 0 heterocycles. The molecule has 4 aliphatic carbocycles. The fraction of sp³-hybridized carbons (Fsp3) is 0.630. The standard InChI is InChI=1S/C27H33F3O2/c1-25-11-9-20(31)15-19(25)7-8-21-22(25)10-12-26(2)23(21)14-17(24(26)32)13-16-3-5-18(6-4-16)27(28,29)30/h3-7,13,20-24,31-32H,8-12,14-15H2,1-2H3/b17-13+/t20-,21-,22+,23-,24+,25-,26-/m1/s1. The van der Waals surface area contributed by atoms with E-state index >= 15 is 0 Å². The van der Waals surface area contributed by atoms with Gasteiger partial charge in [-0.1, -0.05) is 43.7 Å². The van der Waals surface area contributed by atoms with Crippen molar-refractivity contribution in [3.8, 4) is 0 Å². The van der Waals surface area contributed by atoms with Gasteiger partial charge in [-0.25, -0.2) is 0 Å². The van der Waals surface area contributed by atoms with Crippen molar-refractivity contribution in [3.05, 3.63) is 52.6 Å². The smallest absolute Gasteiger partial charge is 0.393 e. The minimum Gasteiger partial charge on any atom is -0.393 e. The minimum absolute atomic E-state index is 0.147. The van der Waals surface area contributed by atoms with Crippen LogP contribution in [0.2, 0.25) is 0 Å². The first-order valence-electron chi connectivity index (χ1n) is 12.0. The van der Waals surface area contributed by atoms with E-state index in [2.05, 4.69) is 19.9 Å². The molecule has 32 heavy (non-hydrogen) atoms. The molecule has 3 fully saturated rings. The lowest BCUT2D eigenvalue weighted by molar-refractivity contribution is -0.137. The molecule has 1 aromatic carbocycles. The van der Waals surface area contributed by atoms with Crippen molar-refractivity contribution in [1.82, 2.24) is 0 Å². The Kier molecular flexibility index (Phi) is 5.18. The van der Waals surface area contributed by atoms with Gasteiger partial charge in [0.2, 0.25) is 0 Å². The molecule has 0 bridgehead atoms. The normalized spacial score (nSPS) is 42.8. The van der Waals surface area contributed by atoms with Crippen LogP contribution in [0.15, 0.2) is 41.5 Å². The fourth-order valence-electron chi connectivity index (χ4n) is 7.62. The van der Waals surface area contributed by atoms with E-state index in [4.69, 9.17) is 0 Å². The van der Waals surface area contributed by atoms with Gasteiger partial charge in [0, 0.05) is 5.41 Å². The van der Waals surface area contributed by atoms with E-state index in [0.29, 0.717) is 23.3 Å². The highest BCUT2D eigenvalue weighted by Gasteiger charge is 2.59. The molecule has 7 atom stereocenters. The summed E-state index contributed by atoms with van der Waals surface area (Å²) in [5.41, 5.74) is 2.41. The van der Waals surface area contributed by atoms with Crippen molar-refractivity contribution in [3.63, 3.8) is 0 Å². The molecule has 3 saturated carbocycles. The molecule has 0 radical (unpaired) electrons. The molecule has 2 N–H and O–H groups in total. The Morgan fingerprint density at radius 3 is 2.38 bits per heavy atom. The number of alkyl halides is 3. The van der Waals surface area contributed by atoms with Crippen LogP contribution in [-0.4, -0.2) is 22.4 Å². The third-order valence-corrected chi connectivity index (χ3v) is 9.54. The van der Waals surface area contributed by atoms with Crippen molar-refractivity contribution in [2.24, 2.45) is 28.6 Å². The van der Waals surface area contributed by atoms with E-state index in [1.54, 1.807) is 0 Å². The molecule has 5 heteroatoms. The number of halogens is 3. The minimum atomic E-state index is -4.34. The Morgan fingerprint density at radius 1 is 0.969 bits per heavy atom. The summed E-state index contributed by atoms with van der Waals surface area (Å²) in [6.45, 7) is 4.59. The Labute approximate surface area is 188 Å². The van der Waals surface area contributed by atoms with E-state index in [-0.39, 0.29) is 16.9 Å². The summed E-state index contributed by atoms with van der Waals surface area (Å²) in [4.78, 5) is 0. The summed E-state index contributed by atoms with van der Waals surface area (Å²) in [5.74, 6) is 1.45. The van der Waals surface area contributed by atoms with Crippen LogP contribution in [0.5, 0.6) is 0 Å². The molecule has 0 saturated heterocycles. The second-order valence-electron chi connectivity index (χ2n) is 11.1. The molecule has 0 aromatic heterocycles. The maximum atomic E-state index is 12.9. The quantitative estimate of drug-likeness (QED) is 0.491. The summed E-state index contributed by atoms with van der Waals surface area (Å²) in [6.07, 6.45) is 5.73. The van der Waals surface area contributed by atoms with E-state index in [1.165, 1.54) is 17.7 Å². The molecule has 5 rings (SSSR count). The highest BCUT2D eigenvalue weighted by molar-refractivity contribution is 5.56. The molecule has 2 nitrogen and oxygen atoms in total. The van der Waals surface area contributed by atoms with Crippen LogP contribution in [0.4, 0.5) is 13.2 Å². The predicted octanol–water partition coefficient (Wildman–Crippen LogP) is 6.38. The number of aliphatic hydroxyl groups excluding tert-OH is 2. The second kappa shape index (κ2) is 7.46. The topological polar surface area (TPSA) is 40.5 Å². The van der Waals surface area contributed by atoms with Gasteiger partial charge in [0.05, 0.1) is 17.8 Å². The molecule has 0 amide bonds. The van der Waals surface area contributed by atoms with E-state index in [0.717, 1.165) is 62.7 Å². The van der Waals surface area contributed by atoms with Gasteiger partial charge >= 0.3 is 6.18 Å². The summed E-state index contributed by atoms with van der Waals surface area (Å²) in [6, 6.07) is 5.23. The van der Waals surface area contributed by atoms with Gasteiger partial charge in [0.25, 0.3) is 0 Å². The molecule has 174 valence electrons. The average molecular weight is 447 g/mol. The maximum absolute atomic E-state index is 12.9. The van der Waals surface area contributed by atoms with Crippen molar-refractivity contribution >= 4 is 6.08 Å². The van der Waals surface area contributed by atoms with Crippen molar-refractivity contribution in [2.45, 2.75) is 77.2 Å². The zero-order valence-corrected chi connectivity index (χ0v) is 18.8. The van der Waals surface area contributed by atoms with Gasteiger partial charge in [-0.3, -0.25) is 0 Å². The summed E-state index contributed by atoms with van der Waals surface area (Å²) >= 11 is 0. The first-order valence-corrected chi connectivity index (χ1v) is 12.0. The molecule has 1 aromatic rings. The second-order valence-corrected chi connectivity index (χ2v) is 11.1. The van der Waals surface area contributed by atoms with Crippen molar-refractivity contribution in [1.29, 1.82) is 0 Å². The van der Waals surface area contributed by atoms with Gasteiger partial charge in [0.15, 0.2) is 0 Å². The monoisotopic (exact) mass is 446 g/mol. The van der Waals surface area contributed by atoms with Crippen molar-refractivity contribution in [2.75, 3.05) is 0 Å². The fourth-order valence-corrected chi connectivity index (χ4v) is 7.62. The zero-order valence-electron chi connectivity index (χ0n) is 18.8. The van der Waals surface area contributed by atoms with Crippen LogP contribution in [0.3, 0.4) is 0 Å². The predicted molar refractivity (Wildman–Crippen MR) is 119 cm³/mol. The van der Waals surface area contributed by atoms with Crippen LogP contribution in [0.1, 0.15) is 69.9 Å². The third-order valence-electron chi connectivity index (χ3n) is 9.54. The van der Waals surface area contributed by atoms with Crippen LogP contribution < -0.4 is 0 Å². The van der Waals surface area contributed by atoms with E-state index < -0.39 is 17.8 Å². The largest absolute Gasteiger partial charge is 0.416 e. The van der Waals surface area contributed by atoms with Crippen LogP contribution in [0.25, 0.3) is 6.08 Å². The molecular formula is C27H33F3O2. The summed E-state index contributed by atoms with van der Waals surface area (Å²) in [7, 11) is 0. The average Bonchev–Trinajstić information content (AvgIpc) is 2.99. The summed E-state index contributed by atoms with van der Waals surface area (Å²) in [5, 5.41) is 21.5. The molecule has 4 aliphatic rings. The molecular weight excluding hydrogens is 413 g/mol. The Hall–Kier alpha value is -1.59. The van der Waals surface area contributed by atoms with E-state index in [9.17, 15) is 23.4 Å². The van der Waals surface area contributed by atoms with Gasteiger partial charge in [-0.15, -0.1) is 0 Å². The number of rotatable bonds is 1. The first-order chi connectivity index (χ1) is 15.0. The van der Waals surface area contributed by atoms with Gasteiger partial charge < -0.3 is 10.2 Å². The van der Waals surface area contributed by atoms with Crippen LogP contribution in [-0.2, 0) is 6.18 Å². The van der Waals surface area contributed by atoms with Crippen LogP contribution in [0, 0.1) is 28.6 Å². The van der Waals surface area contributed by atoms with E-state index in [1.807, 2.05) is 6.08 Å². The third kappa shape index (κ3) is 3.38. The Morgan fingerprint density at radius 2 is 1.69 bits per heavy atom. The number of benzene rings is 1. The summed E-state index contributed by atoms with van der Waals surface area (Å²) < 4.78 is 38.7. The SMILES string of the molecule is C[C@@]12CC[C@H]3[C@@H](CC=C4C[C@H](O)CC[C@]43C)[C@H]1C/C(=C\c1ccc(C(F)(F)F)cc1)[C@@H]2O. The number of allylic oxidation sites excluding steroid dienone is 1. The van der Waals surface area contributed by atoms with Gasteiger partial charge in [0.1, 0.15) is 0 Å². The number of hydrogen-bond acceptors (Lipinski definition) is 2. The molecule has 0 unspecified atom stereocenters. The highest BCUT2D eigenvalue weighted by atomic mass is 19.4. The zero-order chi connectivity index (χ0) is 22.9.